The van der Waals surface area contributed by atoms with Crippen LogP contribution in [0, 0.1) is 17.6 Å². The molecular weight excluding hydrogens is 927 g/mol. The molecule has 5 atom stereocenters. The summed E-state index contributed by atoms with van der Waals surface area (Å²) in [5.74, 6) is -1.33. The predicted octanol–water partition coefficient (Wildman–Crippen LogP) is 6.00. The van der Waals surface area contributed by atoms with E-state index in [1.807, 2.05) is 55.5 Å². The summed E-state index contributed by atoms with van der Waals surface area (Å²) in [6, 6.07) is 18.4. The summed E-state index contributed by atoms with van der Waals surface area (Å²) < 4.78 is 95.1. The number of aromatic nitrogens is 6. The van der Waals surface area contributed by atoms with Crippen LogP contribution in [0.15, 0.2) is 90.5 Å². The van der Waals surface area contributed by atoms with Gasteiger partial charge in [-0.05, 0) is 87.2 Å². The Balaban J connectivity index is 0.847. The van der Waals surface area contributed by atoms with Crippen LogP contribution in [0.4, 0.5) is 25.0 Å². The number of carbonyl (C=O) groups is 2. The Morgan fingerprint density at radius 3 is 2.20 bits per heavy atom. The second kappa shape index (κ2) is 22.8. The molecule has 0 aliphatic carbocycles. The molecule has 0 radical (unpaired) electrons. The average Bonchev–Trinajstić information content (AvgIpc) is 4.08. The third-order valence-corrected chi connectivity index (χ3v) is 12.5. The third-order valence-electron chi connectivity index (χ3n) is 12.0. The van der Waals surface area contributed by atoms with Crippen LogP contribution in [0.5, 0.6) is 5.75 Å². The Morgan fingerprint density at radius 1 is 0.884 bits per heavy atom. The average molecular weight is 983 g/mol. The van der Waals surface area contributed by atoms with Gasteiger partial charge in [0.1, 0.15) is 48.1 Å². The molecule has 0 spiro atoms. The van der Waals surface area contributed by atoms with Gasteiger partial charge in [-0.15, -0.1) is 0 Å². The number of unbranched alkanes of at least 4 members (excludes halogenated alkanes) is 2. The highest BCUT2D eigenvalue weighted by molar-refractivity contribution is 7.80. The van der Waals surface area contributed by atoms with Crippen molar-refractivity contribution >= 4 is 33.9 Å². The minimum absolute atomic E-state index is 0.0198. The topological polar surface area (TPSA) is 221 Å². The molecule has 0 bridgehead atoms. The SMILES string of the molecule is CC[C@@H](C(C)OC(=O)OC(C)OC(=O)CCCCCOS(=O)(=O)O)n1ncn(-c2ccc(N3CCN(c4ccc(OC[C@@H]5CO[C@@](Cn6cncn6)(c6ccc(F)cc6F)C5)cc4)CC3)cc2)c1=O. The Morgan fingerprint density at radius 2 is 1.57 bits per heavy atom. The molecule has 7 rings (SSSR count). The molecule has 0 saturated carbocycles. The summed E-state index contributed by atoms with van der Waals surface area (Å²) >= 11 is 0. The smallest absolute Gasteiger partial charge is 0.493 e. The lowest BCUT2D eigenvalue weighted by atomic mass is 9.87. The van der Waals surface area contributed by atoms with Gasteiger partial charge in [0.25, 0.3) is 0 Å². The Labute approximate surface area is 397 Å². The van der Waals surface area contributed by atoms with Gasteiger partial charge < -0.3 is 33.5 Å². The molecule has 1 N–H and O–H groups in total. The molecule has 69 heavy (non-hydrogen) atoms. The van der Waals surface area contributed by atoms with Crippen molar-refractivity contribution in [3.8, 4) is 11.4 Å². The Kier molecular flexibility index (Phi) is 16.7. The minimum atomic E-state index is -4.51. The van der Waals surface area contributed by atoms with E-state index >= 15 is 4.39 Å². The lowest BCUT2D eigenvalue weighted by Gasteiger charge is -2.37. The van der Waals surface area contributed by atoms with E-state index in [1.54, 1.807) is 11.6 Å². The summed E-state index contributed by atoms with van der Waals surface area (Å²) in [7, 11) is -4.51. The Bertz CT molecular complexity index is 2650. The van der Waals surface area contributed by atoms with Crippen molar-refractivity contribution in [2.24, 2.45) is 5.92 Å². The van der Waals surface area contributed by atoms with E-state index in [-0.39, 0.29) is 37.5 Å². The number of ether oxygens (including phenoxy) is 5. The van der Waals surface area contributed by atoms with Crippen LogP contribution in [-0.2, 0) is 50.5 Å². The molecule has 20 nitrogen and oxygen atoms in total. The van der Waals surface area contributed by atoms with Crippen LogP contribution in [0.1, 0.15) is 70.9 Å². The zero-order valence-electron chi connectivity index (χ0n) is 38.5. The number of nitrogens with zero attached hydrogens (tertiary/aromatic N) is 8. The molecule has 2 aliphatic heterocycles. The molecule has 372 valence electrons. The minimum Gasteiger partial charge on any atom is -0.493 e. The summed E-state index contributed by atoms with van der Waals surface area (Å²) in [6.07, 6.45) is 3.04. The van der Waals surface area contributed by atoms with Crippen molar-refractivity contribution in [1.29, 1.82) is 0 Å². The van der Waals surface area contributed by atoms with Crippen molar-refractivity contribution in [3.63, 3.8) is 0 Å². The van der Waals surface area contributed by atoms with Gasteiger partial charge in [0.15, 0.2) is 0 Å². The predicted molar refractivity (Wildman–Crippen MR) is 244 cm³/mol. The number of benzene rings is 3. The highest BCUT2D eigenvalue weighted by Crippen LogP contribution is 2.42. The van der Waals surface area contributed by atoms with E-state index in [1.165, 1.54) is 47.3 Å². The van der Waals surface area contributed by atoms with Gasteiger partial charge in [-0.3, -0.25) is 9.35 Å². The summed E-state index contributed by atoms with van der Waals surface area (Å²) in [5.41, 5.74) is 1.45. The van der Waals surface area contributed by atoms with Crippen LogP contribution in [0.2, 0.25) is 0 Å². The van der Waals surface area contributed by atoms with Gasteiger partial charge in [-0.2, -0.15) is 18.6 Å². The molecule has 4 heterocycles. The zero-order valence-corrected chi connectivity index (χ0v) is 39.3. The van der Waals surface area contributed by atoms with Gasteiger partial charge in [0.05, 0.1) is 38.1 Å². The first-order chi connectivity index (χ1) is 33.1. The highest BCUT2D eigenvalue weighted by Gasteiger charge is 2.45. The fourth-order valence-electron chi connectivity index (χ4n) is 8.60. The molecule has 2 saturated heterocycles. The fourth-order valence-corrected chi connectivity index (χ4v) is 8.93. The van der Waals surface area contributed by atoms with Crippen LogP contribution in [0.3, 0.4) is 0 Å². The number of esters is 1. The zero-order chi connectivity index (χ0) is 49.1. The quantitative estimate of drug-likeness (QED) is 0.0363. The number of hydrogen-bond acceptors (Lipinski definition) is 16. The standard InChI is InChI=1S/C46H56F2N8O12S/c1-4-42(32(2)66-45(59)68-33(3)67-43(57)8-6-5-7-23-65-69(60,61)62)56-44(58)55(31-51-56)38-12-10-36(11-13-38)52-19-21-53(22-20-52)37-14-16-39(17-15-37)63-26-34-25-46(64-27-34,28-54-30-49-29-50-54)40-18-9-35(47)24-41(40)48/h9-18,24,29-34,42H,4-8,19-23,25-28H2,1-3H3,(H,60,61,62)/t32?,33?,34-,42+,46+/m1/s1. The van der Waals surface area contributed by atoms with Crippen molar-refractivity contribution in [1.82, 2.24) is 29.1 Å². The number of piperazine rings is 1. The summed E-state index contributed by atoms with van der Waals surface area (Å²) in [4.78, 5) is 46.9. The van der Waals surface area contributed by atoms with Crippen molar-refractivity contribution in [2.45, 2.75) is 89.9 Å². The number of halogens is 2. The maximum absolute atomic E-state index is 15.1. The van der Waals surface area contributed by atoms with Gasteiger partial charge in [0.2, 0.25) is 6.29 Å². The van der Waals surface area contributed by atoms with Crippen LogP contribution in [0.25, 0.3) is 5.69 Å². The fraction of sp³-hybridized carbons (Fsp3) is 0.478. The molecule has 23 heteroatoms. The Hall–Kier alpha value is -6.43. The lowest BCUT2D eigenvalue weighted by molar-refractivity contribution is -0.169. The maximum atomic E-state index is 15.1. The van der Waals surface area contributed by atoms with Crippen LogP contribution >= 0.6 is 0 Å². The van der Waals surface area contributed by atoms with Crippen molar-refractivity contribution in [2.75, 3.05) is 55.8 Å². The molecule has 0 amide bonds. The molecular formula is C46H56F2N8O12S. The first-order valence-corrected chi connectivity index (χ1v) is 24.1. The lowest BCUT2D eigenvalue weighted by Crippen LogP contribution is -2.46. The number of rotatable bonds is 22. The second-order valence-corrected chi connectivity index (χ2v) is 18.0. The van der Waals surface area contributed by atoms with E-state index in [2.05, 4.69) is 29.2 Å². The van der Waals surface area contributed by atoms with Gasteiger partial charge >= 0.3 is 28.2 Å². The summed E-state index contributed by atoms with van der Waals surface area (Å²) in [6.45, 7) is 8.54. The van der Waals surface area contributed by atoms with E-state index < -0.39 is 63.9 Å². The molecule has 5 aromatic rings. The first kappa shape index (κ1) is 50.4. The highest BCUT2D eigenvalue weighted by atomic mass is 32.3. The molecule has 2 fully saturated rings. The van der Waals surface area contributed by atoms with E-state index in [4.69, 9.17) is 28.2 Å². The summed E-state index contributed by atoms with van der Waals surface area (Å²) in [5, 5.41) is 8.51. The monoisotopic (exact) mass is 982 g/mol. The van der Waals surface area contributed by atoms with Crippen molar-refractivity contribution in [3.05, 3.63) is 113 Å². The first-order valence-electron chi connectivity index (χ1n) is 22.7. The molecule has 2 aromatic heterocycles. The second-order valence-electron chi connectivity index (χ2n) is 16.9. The normalized spacial score (nSPS) is 18.7. The van der Waals surface area contributed by atoms with Crippen molar-refractivity contribution < 1.29 is 59.2 Å². The van der Waals surface area contributed by atoms with E-state index in [9.17, 15) is 27.2 Å². The van der Waals surface area contributed by atoms with Gasteiger partial charge in [-0.1, -0.05) is 19.4 Å². The van der Waals surface area contributed by atoms with Gasteiger partial charge in [0, 0.05) is 68.4 Å². The third kappa shape index (κ3) is 13.4. The van der Waals surface area contributed by atoms with E-state index in [0.29, 0.717) is 50.3 Å². The number of hydrogen-bond donors (Lipinski definition) is 1. The van der Waals surface area contributed by atoms with E-state index in [0.717, 1.165) is 43.6 Å². The maximum Gasteiger partial charge on any atom is 0.511 e. The molecule has 3 aromatic carbocycles. The number of anilines is 2. The molecule has 2 unspecified atom stereocenters. The number of carbonyl (C=O) groups excluding carboxylic acids is 2. The largest absolute Gasteiger partial charge is 0.511 e. The van der Waals surface area contributed by atoms with Gasteiger partial charge in [-0.25, -0.2) is 41.5 Å². The van der Waals surface area contributed by atoms with Crippen LogP contribution in [-0.4, -0.2) is 113 Å². The molecule has 2 aliphatic rings. The van der Waals surface area contributed by atoms with Crippen LogP contribution < -0.4 is 20.2 Å².